The maximum atomic E-state index is 11.8. The average molecular weight is 249 g/mol. The van der Waals surface area contributed by atoms with Crippen LogP contribution in [0.25, 0.3) is 0 Å². The molecule has 1 aliphatic heterocycles. The number of methoxy groups -OCH3 is 1. The molecule has 1 aromatic rings. The third-order valence-corrected chi connectivity index (χ3v) is 2.86. The van der Waals surface area contributed by atoms with Gasteiger partial charge >= 0.3 is 6.03 Å². The fourth-order valence-electron chi connectivity index (χ4n) is 2.02. The summed E-state index contributed by atoms with van der Waals surface area (Å²) in [4.78, 5) is 24.2. The van der Waals surface area contributed by atoms with Gasteiger partial charge < -0.3 is 20.7 Å². The van der Waals surface area contributed by atoms with E-state index >= 15 is 0 Å². The minimum Gasteiger partial charge on any atom is -0.497 e. The molecule has 6 heteroatoms. The Bertz CT molecular complexity index is 458. The molecule has 3 N–H and O–H groups in total. The lowest BCUT2D eigenvalue weighted by molar-refractivity contribution is -0.117. The summed E-state index contributed by atoms with van der Waals surface area (Å²) in [6.07, 6.45) is 0.273. The summed E-state index contributed by atoms with van der Waals surface area (Å²) in [5.74, 6) is 0.705. The largest absolute Gasteiger partial charge is 0.497 e. The highest BCUT2D eigenvalue weighted by Gasteiger charge is 2.31. The maximum Gasteiger partial charge on any atom is 0.312 e. The van der Waals surface area contributed by atoms with Crippen LogP contribution in [-0.4, -0.2) is 31.6 Å². The predicted molar refractivity (Wildman–Crippen MR) is 66.5 cm³/mol. The van der Waals surface area contributed by atoms with Crippen molar-refractivity contribution in [3.05, 3.63) is 24.3 Å². The lowest BCUT2D eigenvalue weighted by atomic mass is 10.2. The van der Waals surface area contributed by atoms with Gasteiger partial charge in [0.2, 0.25) is 5.91 Å². The van der Waals surface area contributed by atoms with Crippen LogP contribution in [0.1, 0.15) is 6.42 Å². The van der Waals surface area contributed by atoms with E-state index < -0.39 is 6.03 Å². The van der Waals surface area contributed by atoms with Crippen molar-refractivity contribution in [2.45, 2.75) is 12.5 Å². The number of anilines is 1. The van der Waals surface area contributed by atoms with Gasteiger partial charge in [-0.3, -0.25) is 4.79 Å². The van der Waals surface area contributed by atoms with Crippen molar-refractivity contribution in [3.63, 3.8) is 0 Å². The first kappa shape index (κ1) is 12.2. The summed E-state index contributed by atoms with van der Waals surface area (Å²) in [5.41, 5.74) is 5.83. The zero-order valence-electron chi connectivity index (χ0n) is 10.1. The number of primary amides is 1. The molecular weight excluding hydrogens is 234 g/mol. The molecule has 0 radical (unpaired) electrons. The van der Waals surface area contributed by atoms with Gasteiger partial charge in [0.15, 0.2) is 0 Å². The number of amides is 3. The molecular formula is C12H15N3O3. The van der Waals surface area contributed by atoms with Gasteiger partial charge in [-0.1, -0.05) is 0 Å². The molecule has 0 aliphatic carbocycles. The summed E-state index contributed by atoms with van der Waals surface area (Å²) in [5, 5.41) is 2.55. The highest BCUT2D eigenvalue weighted by Crippen LogP contribution is 2.23. The van der Waals surface area contributed by atoms with E-state index in [9.17, 15) is 9.59 Å². The molecule has 3 amide bonds. The van der Waals surface area contributed by atoms with Gasteiger partial charge in [-0.05, 0) is 24.3 Å². The van der Waals surface area contributed by atoms with Crippen molar-refractivity contribution in [2.24, 2.45) is 5.73 Å². The van der Waals surface area contributed by atoms with Crippen LogP contribution in [0, 0.1) is 0 Å². The first-order chi connectivity index (χ1) is 8.60. The van der Waals surface area contributed by atoms with Crippen molar-refractivity contribution in [2.75, 3.05) is 18.6 Å². The first-order valence-electron chi connectivity index (χ1n) is 5.60. The van der Waals surface area contributed by atoms with E-state index in [1.165, 1.54) is 0 Å². The minimum atomic E-state index is -0.607. The number of carbonyl (C=O) groups excluding carboxylic acids is 2. The summed E-state index contributed by atoms with van der Waals surface area (Å²) >= 11 is 0. The molecule has 6 nitrogen and oxygen atoms in total. The van der Waals surface area contributed by atoms with Crippen molar-refractivity contribution >= 4 is 17.6 Å². The van der Waals surface area contributed by atoms with Crippen LogP contribution in [0.5, 0.6) is 5.75 Å². The van der Waals surface area contributed by atoms with E-state index in [-0.39, 0.29) is 18.4 Å². The van der Waals surface area contributed by atoms with Crippen LogP contribution in [-0.2, 0) is 4.79 Å². The highest BCUT2D eigenvalue weighted by molar-refractivity contribution is 5.96. The van der Waals surface area contributed by atoms with Crippen LogP contribution in [0.3, 0.4) is 0 Å². The molecule has 18 heavy (non-hydrogen) atoms. The number of rotatable bonds is 3. The Balaban J connectivity index is 2.08. The quantitative estimate of drug-likeness (QED) is 0.816. The third kappa shape index (κ3) is 2.53. The molecule has 1 saturated heterocycles. The number of hydrogen-bond acceptors (Lipinski definition) is 3. The Morgan fingerprint density at radius 3 is 2.67 bits per heavy atom. The van der Waals surface area contributed by atoms with Gasteiger partial charge in [-0.2, -0.15) is 0 Å². The topological polar surface area (TPSA) is 84.7 Å². The normalized spacial score (nSPS) is 18.8. The van der Waals surface area contributed by atoms with Crippen molar-refractivity contribution in [1.29, 1.82) is 0 Å². The zero-order chi connectivity index (χ0) is 13.1. The van der Waals surface area contributed by atoms with Crippen LogP contribution in [0.15, 0.2) is 24.3 Å². The minimum absolute atomic E-state index is 0.0288. The molecule has 1 unspecified atom stereocenters. The van der Waals surface area contributed by atoms with E-state index in [1.54, 1.807) is 24.1 Å². The Hall–Kier alpha value is -2.24. The molecule has 96 valence electrons. The number of urea groups is 1. The molecule has 1 aliphatic rings. The number of carbonyl (C=O) groups is 2. The maximum absolute atomic E-state index is 11.8. The van der Waals surface area contributed by atoms with Crippen LogP contribution in [0.4, 0.5) is 10.5 Å². The van der Waals surface area contributed by atoms with Crippen LogP contribution in [0.2, 0.25) is 0 Å². The van der Waals surface area contributed by atoms with Crippen LogP contribution < -0.4 is 20.7 Å². The second kappa shape index (κ2) is 4.95. The van der Waals surface area contributed by atoms with Crippen molar-refractivity contribution < 1.29 is 14.3 Å². The molecule has 1 atom stereocenters. The van der Waals surface area contributed by atoms with Gasteiger partial charge in [0.25, 0.3) is 0 Å². The average Bonchev–Trinajstić information content (AvgIpc) is 2.69. The number of hydrogen-bond donors (Lipinski definition) is 2. The summed E-state index contributed by atoms with van der Waals surface area (Å²) < 4.78 is 5.06. The molecule has 0 bridgehead atoms. The Morgan fingerprint density at radius 2 is 2.11 bits per heavy atom. The molecule has 1 aromatic carbocycles. The SMILES string of the molecule is COc1ccc(N2CC(NC(N)=O)CC2=O)cc1. The second-order valence-corrected chi connectivity index (χ2v) is 4.11. The number of ether oxygens (including phenoxy) is 1. The number of nitrogens with two attached hydrogens (primary N) is 1. The molecule has 0 aromatic heterocycles. The first-order valence-corrected chi connectivity index (χ1v) is 5.60. The fourth-order valence-corrected chi connectivity index (χ4v) is 2.02. The Labute approximate surface area is 105 Å². The van der Waals surface area contributed by atoms with Gasteiger partial charge in [-0.25, -0.2) is 4.79 Å². The van der Waals surface area contributed by atoms with E-state index in [2.05, 4.69) is 5.32 Å². The smallest absolute Gasteiger partial charge is 0.312 e. The molecule has 1 fully saturated rings. The van der Waals surface area contributed by atoms with E-state index in [0.29, 0.717) is 6.54 Å². The number of nitrogens with zero attached hydrogens (tertiary/aromatic N) is 1. The van der Waals surface area contributed by atoms with Gasteiger partial charge in [-0.15, -0.1) is 0 Å². The number of benzene rings is 1. The van der Waals surface area contributed by atoms with E-state index in [4.69, 9.17) is 10.5 Å². The van der Waals surface area contributed by atoms with Crippen molar-refractivity contribution in [1.82, 2.24) is 5.32 Å². The molecule has 1 heterocycles. The van der Waals surface area contributed by atoms with Gasteiger partial charge in [0, 0.05) is 18.7 Å². The summed E-state index contributed by atoms with van der Waals surface area (Å²) in [6.45, 7) is 0.439. The third-order valence-electron chi connectivity index (χ3n) is 2.86. The lowest BCUT2D eigenvalue weighted by Crippen LogP contribution is -2.40. The van der Waals surface area contributed by atoms with Gasteiger partial charge in [0.05, 0.1) is 13.2 Å². The lowest BCUT2D eigenvalue weighted by Gasteiger charge is -2.17. The van der Waals surface area contributed by atoms with E-state index in [1.807, 2.05) is 12.1 Å². The predicted octanol–water partition coefficient (Wildman–Crippen LogP) is 0.469. The number of nitrogens with one attached hydrogen (secondary N) is 1. The zero-order valence-corrected chi connectivity index (χ0v) is 10.1. The molecule has 0 saturated carbocycles. The fraction of sp³-hybridized carbons (Fsp3) is 0.333. The Kier molecular flexibility index (Phi) is 3.36. The van der Waals surface area contributed by atoms with Crippen LogP contribution >= 0.6 is 0 Å². The summed E-state index contributed by atoms with van der Waals surface area (Å²) in [6, 6.07) is 6.36. The highest BCUT2D eigenvalue weighted by atomic mass is 16.5. The molecule has 2 rings (SSSR count). The standard InChI is InChI=1S/C12H15N3O3/c1-18-10-4-2-9(3-5-10)15-7-8(6-11(15)16)14-12(13)17/h2-5,8H,6-7H2,1H3,(H3,13,14,17). The summed E-state index contributed by atoms with van der Waals surface area (Å²) in [7, 11) is 1.59. The monoisotopic (exact) mass is 249 g/mol. The van der Waals surface area contributed by atoms with E-state index in [0.717, 1.165) is 11.4 Å². The van der Waals surface area contributed by atoms with Gasteiger partial charge in [0.1, 0.15) is 5.75 Å². The molecule has 0 spiro atoms. The van der Waals surface area contributed by atoms with Crippen molar-refractivity contribution in [3.8, 4) is 5.75 Å². The second-order valence-electron chi connectivity index (χ2n) is 4.11. The Morgan fingerprint density at radius 1 is 1.44 bits per heavy atom.